The number of aliphatic hydroxyl groups excluding tert-OH is 1. The Morgan fingerprint density at radius 3 is 2.42 bits per heavy atom. The van der Waals surface area contributed by atoms with Gasteiger partial charge in [-0.1, -0.05) is 28.7 Å². The molecule has 4 nitrogen and oxygen atoms in total. The van der Waals surface area contributed by atoms with Crippen molar-refractivity contribution in [1.29, 1.82) is 0 Å². The van der Waals surface area contributed by atoms with Crippen LogP contribution < -0.4 is 5.84 Å². The van der Waals surface area contributed by atoms with Crippen molar-refractivity contribution in [3.05, 3.63) is 34.4 Å². The fourth-order valence-electron chi connectivity index (χ4n) is 2.74. The minimum Gasteiger partial charge on any atom is -0.507 e. The molecule has 1 unspecified atom stereocenters. The summed E-state index contributed by atoms with van der Waals surface area (Å²) < 4.78 is 39.4. The van der Waals surface area contributed by atoms with Crippen LogP contribution in [0.3, 0.4) is 0 Å². The number of benzene rings is 1. The smallest absolute Gasteiger partial charge is 0.417 e. The minimum atomic E-state index is -4.49. The number of hydrazine groups is 1. The van der Waals surface area contributed by atoms with Crippen LogP contribution in [0.15, 0.2) is 22.6 Å². The zero-order valence-electron chi connectivity index (χ0n) is 14.5. The second-order valence-corrected chi connectivity index (χ2v) is 8.39. The molecule has 144 valence electrons. The van der Waals surface area contributed by atoms with Gasteiger partial charge in [0, 0.05) is 21.4 Å². The molecule has 26 heavy (non-hydrogen) atoms. The van der Waals surface area contributed by atoms with Crippen LogP contribution >= 0.6 is 34.4 Å². The first-order chi connectivity index (χ1) is 12.0. The quantitative estimate of drug-likeness (QED) is 0.0911. The summed E-state index contributed by atoms with van der Waals surface area (Å²) >= 11 is 3.05. The van der Waals surface area contributed by atoms with E-state index < -0.39 is 17.6 Å². The summed E-state index contributed by atoms with van der Waals surface area (Å²) in [6, 6.07) is 2.16. The maximum absolute atomic E-state index is 13.2. The van der Waals surface area contributed by atoms with Crippen LogP contribution in [0.25, 0.3) is 5.76 Å². The van der Waals surface area contributed by atoms with Gasteiger partial charge >= 0.3 is 6.18 Å². The van der Waals surface area contributed by atoms with Gasteiger partial charge in [-0.05, 0) is 43.6 Å². The maximum Gasteiger partial charge on any atom is 0.417 e. The van der Waals surface area contributed by atoms with Crippen molar-refractivity contribution in [2.24, 2.45) is 11.8 Å². The van der Waals surface area contributed by atoms with E-state index in [0.717, 1.165) is 35.7 Å². The number of hydrogen-bond acceptors (Lipinski definition) is 4. The second kappa shape index (κ2) is 7.97. The largest absolute Gasteiger partial charge is 0.507 e. The molecule has 1 fully saturated rings. The number of nitrogens with two attached hydrogens (primary N) is 1. The molecule has 0 aliphatic heterocycles. The predicted molar refractivity (Wildman–Crippen MR) is 105 cm³/mol. The van der Waals surface area contributed by atoms with Crippen LogP contribution in [-0.4, -0.2) is 33.3 Å². The lowest BCUT2D eigenvalue weighted by Crippen LogP contribution is -2.37. The first kappa shape index (κ1) is 21.4. The van der Waals surface area contributed by atoms with Gasteiger partial charge in [-0.25, -0.2) is 5.84 Å². The lowest BCUT2D eigenvalue weighted by atomic mass is 9.97. The van der Waals surface area contributed by atoms with Gasteiger partial charge in [0.1, 0.15) is 5.76 Å². The highest BCUT2D eigenvalue weighted by Crippen LogP contribution is 2.44. The molecule has 2 rings (SSSR count). The van der Waals surface area contributed by atoms with Gasteiger partial charge < -0.3 is 5.11 Å². The Hall–Kier alpha value is -0.940. The van der Waals surface area contributed by atoms with Crippen LogP contribution in [-0.2, 0) is 11.0 Å². The van der Waals surface area contributed by atoms with Crippen molar-refractivity contribution in [2.45, 2.75) is 34.8 Å². The van der Waals surface area contributed by atoms with Crippen molar-refractivity contribution in [3.63, 3.8) is 0 Å². The Kier molecular flexibility index (Phi) is 6.55. The summed E-state index contributed by atoms with van der Waals surface area (Å²) in [5, 5.41) is 11.7. The van der Waals surface area contributed by atoms with Crippen molar-refractivity contribution in [1.82, 2.24) is 5.01 Å². The van der Waals surface area contributed by atoms with Crippen molar-refractivity contribution < 1.29 is 23.1 Å². The fraction of sp³-hybridized carbons (Fsp3) is 0.471. The number of rotatable bonds is 5. The molecule has 0 heterocycles. The van der Waals surface area contributed by atoms with Crippen molar-refractivity contribution in [2.75, 3.05) is 13.3 Å². The molecule has 0 aromatic heterocycles. The Labute approximate surface area is 168 Å². The zero-order valence-corrected chi connectivity index (χ0v) is 17.5. The number of nitrogens with zero attached hydrogens (tertiary/aromatic N) is 1. The third-order valence-corrected chi connectivity index (χ3v) is 6.86. The highest BCUT2D eigenvalue weighted by atomic mass is 127. The van der Waals surface area contributed by atoms with Gasteiger partial charge in [0.05, 0.1) is 11.1 Å². The third-order valence-electron chi connectivity index (χ3n) is 4.29. The SMILES string of the molecule is CSc1c(C(F)(F)F)ccc(C(O)=C(C(=O)N(C)N)C(I)C2CC2)c1C. The van der Waals surface area contributed by atoms with Gasteiger partial charge in [0.15, 0.2) is 0 Å². The summed E-state index contributed by atoms with van der Waals surface area (Å²) in [4.78, 5) is 12.5. The third kappa shape index (κ3) is 4.30. The Bertz CT molecular complexity index is 746. The molecular formula is C17H20F3IN2O2S. The number of likely N-dealkylation sites (N-methyl/N-ethyl adjacent to an activating group) is 1. The van der Waals surface area contributed by atoms with E-state index in [9.17, 15) is 23.1 Å². The summed E-state index contributed by atoms with van der Waals surface area (Å²) in [5.41, 5.74) is -0.117. The van der Waals surface area contributed by atoms with E-state index >= 15 is 0 Å². The van der Waals surface area contributed by atoms with Crippen LogP contribution in [0.5, 0.6) is 0 Å². The van der Waals surface area contributed by atoms with E-state index in [2.05, 4.69) is 22.6 Å². The maximum atomic E-state index is 13.2. The number of hydrogen-bond donors (Lipinski definition) is 2. The molecule has 9 heteroatoms. The molecule has 0 spiro atoms. The van der Waals surface area contributed by atoms with Crippen LogP contribution in [0.4, 0.5) is 13.2 Å². The van der Waals surface area contributed by atoms with E-state index in [1.807, 2.05) is 0 Å². The first-order valence-corrected chi connectivity index (χ1v) is 10.3. The van der Waals surface area contributed by atoms with Crippen molar-refractivity contribution in [3.8, 4) is 0 Å². The van der Waals surface area contributed by atoms with Crippen LogP contribution in [0.2, 0.25) is 0 Å². The Morgan fingerprint density at radius 1 is 1.42 bits per heavy atom. The number of carbonyl (C=O) groups excluding carboxylic acids is 1. The van der Waals surface area contributed by atoms with E-state index in [1.54, 1.807) is 6.26 Å². The first-order valence-electron chi connectivity index (χ1n) is 7.85. The molecule has 1 aromatic rings. The average Bonchev–Trinajstić information content (AvgIpc) is 3.38. The summed E-state index contributed by atoms with van der Waals surface area (Å²) in [6.07, 6.45) is -1.06. The second-order valence-electron chi connectivity index (χ2n) is 6.23. The molecule has 1 atom stereocenters. The summed E-state index contributed by atoms with van der Waals surface area (Å²) in [7, 11) is 1.37. The van der Waals surface area contributed by atoms with E-state index in [1.165, 1.54) is 20.0 Å². The lowest BCUT2D eigenvalue weighted by molar-refractivity contribution is -0.139. The molecule has 1 aliphatic carbocycles. The molecule has 0 saturated heterocycles. The van der Waals surface area contributed by atoms with Crippen LogP contribution in [0, 0.1) is 12.8 Å². The molecule has 1 amide bonds. The molecule has 3 N–H and O–H groups in total. The molecule has 1 saturated carbocycles. The predicted octanol–water partition coefficient (Wildman–Crippen LogP) is 4.55. The standard InChI is InChI=1S/C17H20F3IN2O2S/c1-8-10(6-7-11(15(8)26-3)17(18,19)20)14(24)12(16(25)23(2)22)13(21)9-4-5-9/h6-7,9,13,24H,4-5,22H2,1-3H3. The summed E-state index contributed by atoms with van der Waals surface area (Å²) in [5.74, 6) is 4.98. The molecule has 1 aliphatic rings. The number of alkyl halides is 4. The van der Waals surface area contributed by atoms with Gasteiger partial charge in [-0.2, -0.15) is 13.2 Å². The molecule has 0 bridgehead atoms. The van der Waals surface area contributed by atoms with Crippen molar-refractivity contribution >= 4 is 46.0 Å². The van der Waals surface area contributed by atoms with E-state index in [4.69, 9.17) is 5.84 Å². The minimum absolute atomic E-state index is 0.0332. The van der Waals surface area contributed by atoms with Gasteiger partial charge in [0.2, 0.25) is 0 Å². The number of halogens is 4. The zero-order chi connectivity index (χ0) is 19.8. The Balaban J connectivity index is 2.66. The van der Waals surface area contributed by atoms with E-state index in [-0.39, 0.29) is 37.2 Å². The van der Waals surface area contributed by atoms with Gasteiger partial charge in [-0.15, -0.1) is 11.8 Å². The summed E-state index contributed by atoms with van der Waals surface area (Å²) in [6.45, 7) is 1.51. The average molecular weight is 500 g/mol. The van der Waals surface area contributed by atoms with Gasteiger partial charge in [0.25, 0.3) is 5.91 Å². The van der Waals surface area contributed by atoms with E-state index in [0.29, 0.717) is 0 Å². The normalized spacial score (nSPS) is 16.9. The molecular weight excluding hydrogens is 480 g/mol. The highest BCUT2D eigenvalue weighted by molar-refractivity contribution is 14.1. The van der Waals surface area contributed by atoms with Gasteiger partial charge in [-0.3, -0.25) is 9.80 Å². The number of amides is 1. The topological polar surface area (TPSA) is 66.6 Å². The monoisotopic (exact) mass is 500 g/mol. The highest BCUT2D eigenvalue weighted by Gasteiger charge is 2.38. The molecule has 1 aromatic carbocycles. The Morgan fingerprint density at radius 2 is 2.00 bits per heavy atom. The molecule has 0 radical (unpaired) electrons. The van der Waals surface area contributed by atoms with Crippen LogP contribution in [0.1, 0.15) is 29.5 Å². The lowest BCUT2D eigenvalue weighted by Gasteiger charge is -2.21. The number of thioether (sulfide) groups is 1. The number of carbonyl (C=O) groups is 1. The number of aliphatic hydroxyl groups is 1. The fourth-order valence-corrected chi connectivity index (χ4v) is 4.84.